The fraction of sp³-hybridized carbons (Fsp3) is 0.500. The molecule has 1 atom stereocenters. The lowest BCUT2D eigenvalue weighted by Crippen LogP contribution is -2.32. The van der Waals surface area contributed by atoms with Gasteiger partial charge in [-0.15, -0.1) is 0 Å². The molecule has 2 aromatic heterocycles. The summed E-state index contributed by atoms with van der Waals surface area (Å²) in [6.45, 7) is 7.35. The maximum absolute atomic E-state index is 5.86. The van der Waals surface area contributed by atoms with Gasteiger partial charge in [0.25, 0.3) is 0 Å². The minimum atomic E-state index is 0.263. The third kappa shape index (κ3) is 2.86. The van der Waals surface area contributed by atoms with Crippen molar-refractivity contribution in [3.05, 3.63) is 45.7 Å². The predicted octanol–water partition coefficient (Wildman–Crippen LogP) is 4.75. The van der Waals surface area contributed by atoms with Crippen molar-refractivity contribution in [3.63, 3.8) is 0 Å². The van der Waals surface area contributed by atoms with Gasteiger partial charge in [0, 0.05) is 18.0 Å². The molecule has 1 aliphatic carbocycles. The Morgan fingerprint density at radius 2 is 2.15 bits per heavy atom. The van der Waals surface area contributed by atoms with Crippen LogP contribution < -0.4 is 5.32 Å². The molecule has 2 heterocycles. The Morgan fingerprint density at radius 1 is 1.35 bits per heavy atom. The fourth-order valence-corrected chi connectivity index (χ4v) is 3.38. The average molecular weight is 338 g/mol. The Hall–Kier alpha value is -1.000. The molecule has 0 bridgehead atoms. The van der Waals surface area contributed by atoms with Crippen molar-refractivity contribution in [2.45, 2.75) is 46.2 Å². The number of furan rings is 2. The van der Waals surface area contributed by atoms with Crippen LogP contribution in [0.3, 0.4) is 0 Å². The maximum atomic E-state index is 5.86. The standard InChI is InChI=1S/C16H20BrNO2/c1-10-6-12-13(7-16(2,3)8-14(12)19-10)18-9-11-4-5-15(17)20-11/h4-6,13,18H,7-9H2,1-3H3. The van der Waals surface area contributed by atoms with Gasteiger partial charge >= 0.3 is 0 Å². The van der Waals surface area contributed by atoms with E-state index in [-0.39, 0.29) is 5.41 Å². The van der Waals surface area contributed by atoms with Crippen molar-refractivity contribution < 1.29 is 8.83 Å². The van der Waals surface area contributed by atoms with Crippen LogP contribution in [0.4, 0.5) is 0 Å². The maximum Gasteiger partial charge on any atom is 0.169 e. The molecule has 1 N–H and O–H groups in total. The fourth-order valence-electron chi connectivity index (χ4n) is 3.04. The Morgan fingerprint density at radius 3 is 2.85 bits per heavy atom. The topological polar surface area (TPSA) is 38.3 Å². The highest BCUT2D eigenvalue weighted by atomic mass is 79.9. The molecule has 0 spiro atoms. The van der Waals surface area contributed by atoms with Gasteiger partial charge in [-0.05, 0) is 52.9 Å². The summed E-state index contributed by atoms with van der Waals surface area (Å²) in [5.41, 5.74) is 1.58. The van der Waals surface area contributed by atoms with Crippen LogP contribution in [-0.2, 0) is 13.0 Å². The second-order valence-electron chi connectivity index (χ2n) is 6.42. The summed E-state index contributed by atoms with van der Waals surface area (Å²) in [6, 6.07) is 6.41. The van der Waals surface area contributed by atoms with Crippen molar-refractivity contribution in [2.24, 2.45) is 5.41 Å². The highest BCUT2D eigenvalue weighted by molar-refractivity contribution is 9.10. The molecular weight excluding hydrogens is 318 g/mol. The molecule has 1 unspecified atom stereocenters. The Balaban J connectivity index is 1.78. The smallest absolute Gasteiger partial charge is 0.169 e. The van der Waals surface area contributed by atoms with E-state index in [1.54, 1.807) is 0 Å². The first-order chi connectivity index (χ1) is 9.43. The van der Waals surface area contributed by atoms with E-state index < -0.39 is 0 Å². The molecule has 0 saturated heterocycles. The SMILES string of the molecule is Cc1cc2c(o1)CC(C)(C)CC2NCc1ccc(Br)o1. The van der Waals surface area contributed by atoms with Crippen molar-refractivity contribution >= 4 is 15.9 Å². The first-order valence-electron chi connectivity index (χ1n) is 7.00. The summed E-state index contributed by atoms with van der Waals surface area (Å²) in [6.07, 6.45) is 2.13. The van der Waals surface area contributed by atoms with Crippen molar-refractivity contribution in [2.75, 3.05) is 0 Å². The number of hydrogen-bond donors (Lipinski definition) is 1. The molecule has 0 fully saturated rings. The van der Waals surface area contributed by atoms with Gasteiger partial charge < -0.3 is 14.2 Å². The lowest BCUT2D eigenvalue weighted by molar-refractivity contribution is 0.231. The van der Waals surface area contributed by atoms with Crippen LogP contribution in [0.15, 0.2) is 31.7 Å². The molecule has 1 aliphatic rings. The number of rotatable bonds is 3. The number of halogens is 1. The molecule has 108 valence electrons. The van der Waals surface area contributed by atoms with E-state index in [1.807, 2.05) is 19.1 Å². The molecule has 3 rings (SSSR count). The van der Waals surface area contributed by atoms with Crippen LogP contribution in [-0.4, -0.2) is 0 Å². The second-order valence-corrected chi connectivity index (χ2v) is 7.20. The second kappa shape index (κ2) is 5.08. The van der Waals surface area contributed by atoms with Crippen LogP contribution in [0.1, 0.15) is 49.2 Å². The predicted molar refractivity (Wildman–Crippen MR) is 81.5 cm³/mol. The monoisotopic (exact) mass is 337 g/mol. The van der Waals surface area contributed by atoms with E-state index in [0.29, 0.717) is 6.04 Å². The highest BCUT2D eigenvalue weighted by Gasteiger charge is 2.34. The lowest BCUT2D eigenvalue weighted by Gasteiger charge is -2.34. The third-order valence-corrected chi connectivity index (χ3v) is 4.31. The zero-order chi connectivity index (χ0) is 14.3. The van der Waals surface area contributed by atoms with Crippen LogP contribution in [0.5, 0.6) is 0 Å². The molecule has 0 aliphatic heterocycles. The van der Waals surface area contributed by atoms with E-state index in [9.17, 15) is 0 Å². The van der Waals surface area contributed by atoms with Crippen LogP contribution in [0.2, 0.25) is 0 Å². The number of hydrogen-bond acceptors (Lipinski definition) is 3. The summed E-state index contributed by atoms with van der Waals surface area (Å²) >= 11 is 3.34. The Kier molecular flexibility index (Phi) is 3.55. The minimum Gasteiger partial charge on any atom is -0.466 e. The van der Waals surface area contributed by atoms with Gasteiger partial charge in [-0.25, -0.2) is 0 Å². The number of aryl methyl sites for hydroxylation is 1. The summed E-state index contributed by atoms with van der Waals surface area (Å²) in [4.78, 5) is 0. The third-order valence-electron chi connectivity index (χ3n) is 3.89. The first-order valence-corrected chi connectivity index (χ1v) is 7.79. The van der Waals surface area contributed by atoms with E-state index in [4.69, 9.17) is 8.83 Å². The number of nitrogens with one attached hydrogen (secondary N) is 1. The lowest BCUT2D eigenvalue weighted by atomic mass is 9.74. The Bertz CT molecular complexity index is 612. The van der Waals surface area contributed by atoms with Crippen molar-refractivity contribution in [3.8, 4) is 0 Å². The summed E-state index contributed by atoms with van der Waals surface area (Å²) < 4.78 is 12.2. The van der Waals surface area contributed by atoms with Gasteiger partial charge in [0.05, 0.1) is 6.54 Å². The quantitative estimate of drug-likeness (QED) is 0.878. The van der Waals surface area contributed by atoms with E-state index >= 15 is 0 Å². The van der Waals surface area contributed by atoms with Gasteiger partial charge in [-0.3, -0.25) is 0 Å². The van der Waals surface area contributed by atoms with Crippen LogP contribution in [0.25, 0.3) is 0 Å². The molecule has 0 aromatic carbocycles. The molecular formula is C16H20BrNO2. The van der Waals surface area contributed by atoms with E-state index in [0.717, 1.165) is 41.3 Å². The normalized spacial score (nSPS) is 20.9. The summed E-state index contributed by atoms with van der Waals surface area (Å²) in [5.74, 6) is 3.08. The van der Waals surface area contributed by atoms with Crippen LogP contribution in [0, 0.1) is 12.3 Å². The Labute approximate surface area is 127 Å². The molecule has 4 heteroatoms. The molecule has 0 radical (unpaired) electrons. The molecule has 0 saturated carbocycles. The molecule has 20 heavy (non-hydrogen) atoms. The van der Waals surface area contributed by atoms with Gasteiger partial charge in [-0.1, -0.05) is 13.8 Å². The van der Waals surface area contributed by atoms with Gasteiger partial charge in [-0.2, -0.15) is 0 Å². The van der Waals surface area contributed by atoms with Crippen molar-refractivity contribution in [1.82, 2.24) is 5.32 Å². The zero-order valence-electron chi connectivity index (χ0n) is 12.1. The molecule has 0 amide bonds. The minimum absolute atomic E-state index is 0.263. The van der Waals surface area contributed by atoms with Crippen LogP contribution >= 0.6 is 15.9 Å². The highest BCUT2D eigenvalue weighted by Crippen LogP contribution is 2.42. The average Bonchev–Trinajstić information content (AvgIpc) is 2.90. The van der Waals surface area contributed by atoms with Crippen molar-refractivity contribution in [1.29, 1.82) is 0 Å². The molecule has 3 nitrogen and oxygen atoms in total. The zero-order valence-corrected chi connectivity index (χ0v) is 13.7. The summed E-state index contributed by atoms with van der Waals surface area (Å²) in [5, 5.41) is 3.60. The van der Waals surface area contributed by atoms with E-state index in [2.05, 4.69) is 41.2 Å². The van der Waals surface area contributed by atoms with Gasteiger partial charge in [0.2, 0.25) is 0 Å². The first kappa shape index (κ1) is 14.0. The van der Waals surface area contributed by atoms with Gasteiger partial charge in [0.1, 0.15) is 17.3 Å². The number of fused-ring (bicyclic) bond motifs is 1. The van der Waals surface area contributed by atoms with E-state index in [1.165, 1.54) is 5.56 Å². The largest absolute Gasteiger partial charge is 0.466 e. The molecule has 2 aromatic rings. The van der Waals surface area contributed by atoms with Gasteiger partial charge in [0.15, 0.2) is 4.67 Å². The summed E-state index contributed by atoms with van der Waals surface area (Å²) in [7, 11) is 0.